The van der Waals surface area contributed by atoms with Gasteiger partial charge in [0, 0.05) is 5.56 Å². The number of nitrogens with one attached hydrogen (secondary N) is 1. The van der Waals surface area contributed by atoms with Gasteiger partial charge in [0.15, 0.2) is 5.82 Å². The van der Waals surface area contributed by atoms with Gasteiger partial charge < -0.3 is 10.8 Å². The second-order valence-corrected chi connectivity index (χ2v) is 2.70. The average molecular weight is 168 g/mol. The second kappa shape index (κ2) is 2.13. The van der Waals surface area contributed by atoms with Gasteiger partial charge in [-0.1, -0.05) is 0 Å². The minimum Gasteiger partial charge on any atom is -0.465 e. The lowest BCUT2D eigenvalue weighted by Crippen LogP contribution is -2.23. The normalized spacial score (nSPS) is 14.8. The van der Waals surface area contributed by atoms with Gasteiger partial charge in [-0.2, -0.15) is 5.10 Å². The van der Waals surface area contributed by atoms with Gasteiger partial charge in [0.2, 0.25) is 0 Å². The van der Waals surface area contributed by atoms with E-state index >= 15 is 0 Å². The molecule has 0 fully saturated rings. The Morgan fingerprint density at radius 1 is 1.67 bits per heavy atom. The van der Waals surface area contributed by atoms with Crippen LogP contribution in [0.25, 0.3) is 0 Å². The Labute approximate surface area is 68.0 Å². The molecule has 0 unspecified atom stereocenters. The minimum absolute atomic E-state index is 0.340. The number of H-pyrrole nitrogens is 1. The third kappa shape index (κ3) is 0.810. The third-order valence-electron chi connectivity index (χ3n) is 1.95. The summed E-state index contributed by atoms with van der Waals surface area (Å²) in [6, 6.07) is 0. The number of carbonyl (C=O) groups is 1. The molecule has 2 rings (SSSR count). The maximum atomic E-state index is 10.5. The van der Waals surface area contributed by atoms with Gasteiger partial charge in [-0.15, -0.1) is 0 Å². The van der Waals surface area contributed by atoms with Crippen molar-refractivity contribution in [2.24, 2.45) is 0 Å². The number of nitrogens with two attached hydrogens (primary N) is 1. The summed E-state index contributed by atoms with van der Waals surface area (Å²) < 4.78 is 0. The number of fused-ring (bicyclic) bond motifs is 1. The number of hydrogen-bond acceptors (Lipinski definition) is 3. The fraction of sp³-hybridized carbons (Fsp3) is 0.333. The second-order valence-electron chi connectivity index (χ2n) is 2.70. The SMILES string of the molecule is Nc1n[nH]c2c1CN(C(=O)O)C2. The van der Waals surface area contributed by atoms with Gasteiger partial charge in [0.1, 0.15) is 0 Å². The average Bonchev–Trinajstić information content (AvgIpc) is 2.53. The molecule has 12 heavy (non-hydrogen) atoms. The smallest absolute Gasteiger partial charge is 0.407 e. The monoisotopic (exact) mass is 168 g/mol. The van der Waals surface area contributed by atoms with E-state index in [1.165, 1.54) is 4.90 Å². The number of aromatic amines is 1. The summed E-state index contributed by atoms with van der Waals surface area (Å²) in [5.74, 6) is 0.397. The van der Waals surface area contributed by atoms with Crippen LogP contribution in [0.15, 0.2) is 0 Å². The molecule has 0 spiro atoms. The summed E-state index contributed by atoms with van der Waals surface area (Å²) in [5.41, 5.74) is 7.10. The number of carboxylic acid groups (broad SMARTS) is 1. The Kier molecular flexibility index (Phi) is 1.24. The molecule has 0 aromatic carbocycles. The molecular weight excluding hydrogens is 160 g/mol. The number of nitrogen functional groups attached to an aromatic ring is 1. The van der Waals surface area contributed by atoms with Crippen LogP contribution in [0.2, 0.25) is 0 Å². The van der Waals surface area contributed by atoms with E-state index in [1.54, 1.807) is 0 Å². The van der Waals surface area contributed by atoms with E-state index in [1.807, 2.05) is 0 Å². The number of hydrogen-bond donors (Lipinski definition) is 3. The van der Waals surface area contributed by atoms with E-state index in [-0.39, 0.29) is 0 Å². The number of anilines is 1. The highest BCUT2D eigenvalue weighted by Gasteiger charge is 2.26. The summed E-state index contributed by atoms with van der Waals surface area (Å²) >= 11 is 0. The largest absolute Gasteiger partial charge is 0.465 e. The molecule has 0 radical (unpaired) electrons. The standard InChI is InChI=1S/C6H8N4O2/c7-5-3-1-10(6(11)12)2-4(3)8-9-5/h1-2H2,(H,11,12)(H3,7,8,9). The fourth-order valence-electron chi connectivity index (χ4n) is 1.30. The zero-order valence-corrected chi connectivity index (χ0v) is 6.24. The van der Waals surface area contributed by atoms with Crippen LogP contribution >= 0.6 is 0 Å². The Bertz CT molecular complexity index is 332. The van der Waals surface area contributed by atoms with Crippen LogP contribution in [0.3, 0.4) is 0 Å². The van der Waals surface area contributed by atoms with Crippen molar-refractivity contribution in [3.8, 4) is 0 Å². The molecule has 6 heteroatoms. The number of amides is 1. The summed E-state index contributed by atoms with van der Waals surface area (Å²) in [4.78, 5) is 11.8. The van der Waals surface area contributed by atoms with Crippen LogP contribution in [-0.2, 0) is 13.1 Å². The van der Waals surface area contributed by atoms with Crippen molar-refractivity contribution in [1.82, 2.24) is 15.1 Å². The van der Waals surface area contributed by atoms with Gasteiger partial charge >= 0.3 is 6.09 Å². The van der Waals surface area contributed by atoms with Gasteiger partial charge in [-0.25, -0.2) is 4.79 Å². The van der Waals surface area contributed by atoms with Crippen molar-refractivity contribution in [2.75, 3.05) is 5.73 Å². The quantitative estimate of drug-likeness (QED) is 0.507. The van der Waals surface area contributed by atoms with Crippen LogP contribution in [0.1, 0.15) is 11.3 Å². The molecule has 0 saturated heterocycles. The minimum atomic E-state index is -0.931. The molecular formula is C6H8N4O2. The molecule has 0 aliphatic carbocycles. The topological polar surface area (TPSA) is 95.2 Å². The third-order valence-corrected chi connectivity index (χ3v) is 1.95. The lowest BCUT2D eigenvalue weighted by atomic mass is 10.3. The van der Waals surface area contributed by atoms with E-state index < -0.39 is 6.09 Å². The Hall–Kier alpha value is -1.72. The predicted octanol–water partition coefficient (Wildman–Crippen LogP) is -0.0145. The zero-order chi connectivity index (χ0) is 8.72. The van der Waals surface area contributed by atoms with Gasteiger partial charge in [0.05, 0.1) is 18.8 Å². The molecule has 1 aromatic heterocycles. The van der Waals surface area contributed by atoms with Crippen LogP contribution in [0.5, 0.6) is 0 Å². The van der Waals surface area contributed by atoms with E-state index in [9.17, 15) is 4.79 Å². The summed E-state index contributed by atoms with van der Waals surface area (Å²) in [6.07, 6.45) is -0.931. The number of aromatic nitrogens is 2. The van der Waals surface area contributed by atoms with Crippen molar-refractivity contribution >= 4 is 11.9 Å². The molecule has 1 amide bonds. The van der Waals surface area contributed by atoms with Crippen molar-refractivity contribution in [3.63, 3.8) is 0 Å². The molecule has 2 heterocycles. The molecule has 4 N–H and O–H groups in total. The lowest BCUT2D eigenvalue weighted by molar-refractivity contribution is 0.144. The van der Waals surface area contributed by atoms with E-state index in [4.69, 9.17) is 10.8 Å². The predicted molar refractivity (Wildman–Crippen MR) is 40.3 cm³/mol. The Morgan fingerprint density at radius 2 is 2.42 bits per heavy atom. The van der Waals surface area contributed by atoms with Gasteiger partial charge in [0.25, 0.3) is 0 Å². The molecule has 1 aliphatic rings. The maximum Gasteiger partial charge on any atom is 0.407 e. The molecule has 0 bridgehead atoms. The first-order valence-electron chi connectivity index (χ1n) is 3.48. The zero-order valence-electron chi connectivity index (χ0n) is 6.24. The summed E-state index contributed by atoms with van der Waals surface area (Å²) in [5, 5.41) is 15.1. The molecule has 1 aliphatic heterocycles. The van der Waals surface area contributed by atoms with Gasteiger partial charge in [-0.05, 0) is 0 Å². The molecule has 0 saturated carbocycles. The highest BCUT2D eigenvalue weighted by Crippen LogP contribution is 2.24. The van der Waals surface area contributed by atoms with Crippen LogP contribution in [0, 0.1) is 0 Å². The Balaban J connectivity index is 2.28. The van der Waals surface area contributed by atoms with Crippen molar-refractivity contribution in [2.45, 2.75) is 13.1 Å². The molecule has 1 aromatic rings. The van der Waals surface area contributed by atoms with Crippen molar-refractivity contribution in [3.05, 3.63) is 11.3 Å². The highest BCUT2D eigenvalue weighted by atomic mass is 16.4. The van der Waals surface area contributed by atoms with Crippen LogP contribution in [0.4, 0.5) is 10.6 Å². The van der Waals surface area contributed by atoms with Crippen LogP contribution in [-0.4, -0.2) is 26.3 Å². The first-order valence-corrected chi connectivity index (χ1v) is 3.48. The highest BCUT2D eigenvalue weighted by molar-refractivity contribution is 5.67. The Morgan fingerprint density at radius 3 is 3.00 bits per heavy atom. The maximum absolute atomic E-state index is 10.5. The lowest BCUT2D eigenvalue weighted by Gasteiger charge is -2.09. The van der Waals surface area contributed by atoms with Crippen molar-refractivity contribution in [1.29, 1.82) is 0 Å². The van der Waals surface area contributed by atoms with E-state index in [0.717, 1.165) is 11.3 Å². The molecule has 64 valence electrons. The summed E-state index contributed by atoms with van der Waals surface area (Å²) in [7, 11) is 0. The molecule has 0 atom stereocenters. The first kappa shape index (κ1) is 6.96. The van der Waals surface area contributed by atoms with E-state index in [0.29, 0.717) is 18.9 Å². The van der Waals surface area contributed by atoms with Gasteiger partial charge in [-0.3, -0.25) is 10.00 Å². The fourth-order valence-corrected chi connectivity index (χ4v) is 1.30. The van der Waals surface area contributed by atoms with Crippen molar-refractivity contribution < 1.29 is 9.90 Å². The van der Waals surface area contributed by atoms with Crippen LogP contribution < -0.4 is 5.73 Å². The van der Waals surface area contributed by atoms with E-state index in [2.05, 4.69) is 10.2 Å². The number of nitrogens with zero attached hydrogens (tertiary/aromatic N) is 2. The summed E-state index contributed by atoms with van der Waals surface area (Å²) in [6.45, 7) is 0.696. The number of rotatable bonds is 0. The molecule has 6 nitrogen and oxygen atoms in total. The first-order chi connectivity index (χ1) is 5.68.